The Bertz CT molecular complexity index is 234. The first-order chi connectivity index (χ1) is 8.78. The van der Waals surface area contributed by atoms with Crippen LogP contribution in [0.5, 0.6) is 0 Å². The third-order valence-electron chi connectivity index (χ3n) is 4.46. The van der Waals surface area contributed by atoms with Gasteiger partial charge in [0.2, 0.25) is 0 Å². The molecule has 2 heterocycles. The molecule has 0 aromatic rings. The van der Waals surface area contributed by atoms with Crippen LogP contribution >= 0.6 is 0 Å². The van der Waals surface area contributed by atoms with Crippen LogP contribution in [-0.4, -0.2) is 98.6 Å². The van der Waals surface area contributed by atoms with Crippen LogP contribution in [0.3, 0.4) is 0 Å². The van der Waals surface area contributed by atoms with E-state index in [1.807, 2.05) is 0 Å². The summed E-state index contributed by atoms with van der Waals surface area (Å²) in [5.41, 5.74) is 0. The van der Waals surface area contributed by atoms with Gasteiger partial charge in [-0.25, -0.2) is 0 Å². The Morgan fingerprint density at radius 3 is 1.89 bits per heavy atom. The van der Waals surface area contributed by atoms with Crippen molar-refractivity contribution in [1.82, 2.24) is 19.6 Å². The molecule has 18 heavy (non-hydrogen) atoms. The molecule has 0 aromatic heterocycles. The zero-order valence-electron chi connectivity index (χ0n) is 12.3. The lowest BCUT2D eigenvalue weighted by Gasteiger charge is -2.31. The first-order valence-electron chi connectivity index (χ1n) is 7.63. The average Bonchev–Trinajstić information content (AvgIpc) is 2.48. The zero-order valence-corrected chi connectivity index (χ0v) is 12.3. The maximum Gasteiger partial charge on any atom is 0.0110 e. The van der Waals surface area contributed by atoms with Crippen LogP contribution in [0, 0.1) is 0 Å². The van der Waals surface area contributed by atoms with Crippen molar-refractivity contribution < 1.29 is 0 Å². The van der Waals surface area contributed by atoms with Gasteiger partial charge in [0.1, 0.15) is 0 Å². The lowest BCUT2D eigenvalue weighted by atomic mass is 10.3. The highest BCUT2D eigenvalue weighted by molar-refractivity contribution is 4.73. The molecule has 0 aliphatic carbocycles. The molecule has 0 radical (unpaired) electrons. The molecule has 106 valence electrons. The summed E-state index contributed by atoms with van der Waals surface area (Å²) in [6.07, 6.45) is 1.33. The Hall–Kier alpha value is -0.160. The average molecular weight is 254 g/mol. The normalized spacial score (nSPS) is 33.7. The number of fused-ring (bicyclic) bond motifs is 3. The Kier molecular flexibility index (Phi) is 5.89. The van der Waals surface area contributed by atoms with Crippen LogP contribution in [0.4, 0.5) is 0 Å². The molecule has 0 aromatic carbocycles. The minimum Gasteiger partial charge on any atom is -0.304 e. The molecule has 2 saturated heterocycles. The topological polar surface area (TPSA) is 13.0 Å². The van der Waals surface area contributed by atoms with E-state index in [0.717, 1.165) is 0 Å². The molecule has 2 aliphatic rings. The highest BCUT2D eigenvalue weighted by Crippen LogP contribution is 2.04. The molecular formula is C14H30N4. The van der Waals surface area contributed by atoms with E-state index in [9.17, 15) is 0 Å². The first-order valence-corrected chi connectivity index (χ1v) is 7.63. The summed E-state index contributed by atoms with van der Waals surface area (Å²) in [6.45, 7) is 16.0. The molecule has 2 fully saturated rings. The molecule has 0 saturated carbocycles. The van der Waals surface area contributed by atoms with Gasteiger partial charge in [0, 0.05) is 52.4 Å². The van der Waals surface area contributed by atoms with Gasteiger partial charge in [-0.05, 0) is 33.1 Å². The van der Waals surface area contributed by atoms with Crippen molar-refractivity contribution in [1.29, 1.82) is 0 Å². The summed E-state index contributed by atoms with van der Waals surface area (Å²) >= 11 is 0. The van der Waals surface area contributed by atoms with E-state index in [1.54, 1.807) is 0 Å². The molecule has 0 spiro atoms. The highest BCUT2D eigenvalue weighted by atomic mass is 15.3. The number of hydrogen-bond donors (Lipinski definition) is 0. The third-order valence-corrected chi connectivity index (χ3v) is 4.46. The van der Waals surface area contributed by atoms with Crippen LogP contribution in [0.2, 0.25) is 0 Å². The van der Waals surface area contributed by atoms with E-state index in [1.165, 1.54) is 78.4 Å². The van der Waals surface area contributed by atoms with E-state index in [2.05, 4.69) is 33.6 Å². The van der Waals surface area contributed by atoms with Gasteiger partial charge in [0.05, 0.1) is 0 Å². The van der Waals surface area contributed by atoms with Crippen molar-refractivity contribution in [3.05, 3.63) is 0 Å². The Morgan fingerprint density at radius 1 is 0.667 bits per heavy atom. The molecule has 2 unspecified atom stereocenters. The smallest absolute Gasteiger partial charge is 0.0110 e. The fraction of sp³-hybridized carbons (Fsp3) is 1.00. The molecule has 2 aliphatic heterocycles. The summed E-state index contributed by atoms with van der Waals surface area (Å²) in [6, 6.07) is 0. The van der Waals surface area contributed by atoms with E-state index in [0.29, 0.717) is 0 Å². The van der Waals surface area contributed by atoms with Crippen LogP contribution < -0.4 is 0 Å². The quantitative estimate of drug-likeness (QED) is 0.665. The molecular weight excluding hydrogens is 224 g/mol. The molecule has 0 N–H and O–H groups in total. The van der Waals surface area contributed by atoms with Gasteiger partial charge in [-0.1, -0.05) is 6.92 Å². The summed E-state index contributed by atoms with van der Waals surface area (Å²) in [5.74, 6) is 0. The summed E-state index contributed by atoms with van der Waals surface area (Å²) in [5, 5.41) is 0. The lowest BCUT2D eigenvalue weighted by Crippen LogP contribution is -2.43. The van der Waals surface area contributed by atoms with E-state index >= 15 is 0 Å². The van der Waals surface area contributed by atoms with Crippen molar-refractivity contribution in [3.63, 3.8) is 0 Å². The maximum atomic E-state index is 2.66. The molecule has 2 atom stereocenters. The van der Waals surface area contributed by atoms with E-state index in [4.69, 9.17) is 0 Å². The van der Waals surface area contributed by atoms with E-state index in [-0.39, 0.29) is 0 Å². The first kappa shape index (κ1) is 14.3. The predicted octanol–water partition coefficient (Wildman–Crippen LogP) is 0.261. The number of rotatable bonds is 1. The third kappa shape index (κ3) is 4.50. The van der Waals surface area contributed by atoms with Crippen LogP contribution in [0.1, 0.15) is 13.3 Å². The summed E-state index contributed by atoms with van der Waals surface area (Å²) in [7, 11) is 2.26. The lowest BCUT2D eigenvalue weighted by molar-refractivity contribution is 0.162. The fourth-order valence-corrected chi connectivity index (χ4v) is 2.92. The van der Waals surface area contributed by atoms with Gasteiger partial charge >= 0.3 is 0 Å². The minimum atomic E-state index is 1.20. The van der Waals surface area contributed by atoms with Crippen molar-refractivity contribution >= 4 is 0 Å². The minimum absolute atomic E-state index is 1.20. The van der Waals surface area contributed by atoms with Gasteiger partial charge in [-0.3, -0.25) is 4.90 Å². The van der Waals surface area contributed by atoms with Crippen LogP contribution in [0.25, 0.3) is 0 Å². The number of nitrogens with zero attached hydrogens (tertiary/aromatic N) is 4. The van der Waals surface area contributed by atoms with Gasteiger partial charge in [0.25, 0.3) is 0 Å². The van der Waals surface area contributed by atoms with Crippen LogP contribution in [-0.2, 0) is 0 Å². The second-order valence-electron chi connectivity index (χ2n) is 5.77. The zero-order chi connectivity index (χ0) is 12.8. The highest BCUT2D eigenvalue weighted by Gasteiger charge is 2.16. The number of hydrogen-bond acceptors (Lipinski definition) is 4. The maximum absolute atomic E-state index is 2.66. The van der Waals surface area contributed by atoms with Crippen molar-refractivity contribution in [3.8, 4) is 0 Å². The van der Waals surface area contributed by atoms with Gasteiger partial charge in [-0.15, -0.1) is 0 Å². The Balaban J connectivity index is 1.97. The molecule has 0 amide bonds. The molecule has 2 rings (SSSR count). The largest absolute Gasteiger partial charge is 0.304 e. The molecule has 2 bridgehead atoms. The van der Waals surface area contributed by atoms with Crippen molar-refractivity contribution in [2.45, 2.75) is 13.3 Å². The standard InChI is InChI=1S/C14H30N4/c1-3-16-5-4-6-17-9-7-15(2)8-10-18(12-11-16)14-13-17/h3-14H2,1-2H3. The Morgan fingerprint density at radius 2 is 1.22 bits per heavy atom. The monoisotopic (exact) mass is 254 g/mol. The SMILES string of the molecule is CCN1CCCN2CCN(C)CCN(CC1)CC2. The molecule has 4 heteroatoms. The second-order valence-corrected chi connectivity index (χ2v) is 5.77. The van der Waals surface area contributed by atoms with Crippen molar-refractivity contribution in [2.24, 2.45) is 0 Å². The Labute approximate surface area is 113 Å². The van der Waals surface area contributed by atoms with Gasteiger partial charge in [0.15, 0.2) is 0 Å². The predicted molar refractivity (Wildman–Crippen MR) is 77.1 cm³/mol. The van der Waals surface area contributed by atoms with Gasteiger partial charge < -0.3 is 14.7 Å². The number of likely N-dealkylation sites (N-methyl/N-ethyl adjacent to an activating group) is 2. The summed E-state index contributed by atoms with van der Waals surface area (Å²) in [4.78, 5) is 10.4. The van der Waals surface area contributed by atoms with Crippen LogP contribution in [0.15, 0.2) is 0 Å². The fourth-order valence-electron chi connectivity index (χ4n) is 2.92. The van der Waals surface area contributed by atoms with E-state index < -0.39 is 0 Å². The van der Waals surface area contributed by atoms with Crippen molar-refractivity contribution in [2.75, 3.05) is 79.0 Å². The molecule has 4 nitrogen and oxygen atoms in total. The second kappa shape index (κ2) is 7.43. The summed E-state index contributed by atoms with van der Waals surface area (Å²) < 4.78 is 0. The van der Waals surface area contributed by atoms with Gasteiger partial charge in [-0.2, -0.15) is 0 Å².